The van der Waals surface area contributed by atoms with Gasteiger partial charge in [0.2, 0.25) is 5.91 Å². The number of amides is 2. The maximum absolute atomic E-state index is 12.7. The van der Waals surface area contributed by atoms with E-state index in [1.165, 1.54) is 18.9 Å². The van der Waals surface area contributed by atoms with Gasteiger partial charge < -0.3 is 20.3 Å². The first-order chi connectivity index (χ1) is 16.3. The maximum atomic E-state index is 12.7. The Bertz CT molecular complexity index is 1090. The lowest BCUT2D eigenvalue weighted by molar-refractivity contribution is -0.140. The third-order valence-corrected chi connectivity index (χ3v) is 6.81. The van der Waals surface area contributed by atoms with Crippen molar-refractivity contribution in [2.45, 2.75) is 24.6 Å². The number of halogens is 1. The molecule has 186 valence electrons. The van der Waals surface area contributed by atoms with Gasteiger partial charge in [0, 0.05) is 36.4 Å². The number of para-hydroxylation sites is 1. The SMILES string of the molecule is COC(=O)CCNC(=O)C1SC(=NC(=O)c2ccc(C(=N)Nc3ccccc3)cc2)N(C)C1C.I. The molecule has 0 spiro atoms. The zero-order chi connectivity index (χ0) is 24.7. The molecule has 3 N–H and O–H groups in total. The van der Waals surface area contributed by atoms with Gasteiger partial charge in [0.1, 0.15) is 11.1 Å². The van der Waals surface area contributed by atoms with Crippen LogP contribution in [0.15, 0.2) is 59.6 Å². The minimum Gasteiger partial charge on any atom is -0.469 e. The number of thioether (sulfide) groups is 1. The van der Waals surface area contributed by atoms with Gasteiger partial charge in [-0.15, -0.1) is 24.0 Å². The zero-order valence-corrected chi connectivity index (χ0v) is 22.8. The molecule has 1 saturated heterocycles. The number of aliphatic imine (C=N–C) groups is 1. The van der Waals surface area contributed by atoms with Crippen LogP contribution in [-0.4, -0.2) is 65.7 Å². The summed E-state index contributed by atoms with van der Waals surface area (Å²) in [7, 11) is 3.08. The summed E-state index contributed by atoms with van der Waals surface area (Å²) in [6.45, 7) is 2.07. The van der Waals surface area contributed by atoms with E-state index < -0.39 is 17.1 Å². The smallest absolute Gasteiger partial charge is 0.307 e. The molecule has 9 nitrogen and oxygen atoms in total. The topological polar surface area (TPSA) is 124 Å². The predicted molar refractivity (Wildman–Crippen MR) is 149 cm³/mol. The van der Waals surface area contributed by atoms with Crippen LogP contribution in [0.5, 0.6) is 0 Å². The van der Waals surface area contributed by atoms with E-state index in [-0.39, 0.29) is 54.7 Å². The second kappa shape index (κ2) is 13.2. The lowest BCUT2D eigenvalue weighted by atomic mass is 10.1. The van der Waals surface area contributed by atoms with E-state index in [1.54, 1.807) is 36.2 Å². The van der Waals surface area contributed by atoms with Crippen LogP contribution in [0.4, 0.5) is 5.69 Å². The highest BCUT2D eigenvalue weighted by Gasteiger charge is 2.39. The van der Waals surface area contributed by atoms with Crippen molar-refractivity contribution >= 4 is 70.2 Å². The van der Waals surface area contributed by atoms with Crippen LogP contribution in [0, 0.1) is 5.41 Å². The second-order valence-corrected chi connectivity index (χ2v) is 8.76. The van der Waals surface area contributed by atoms with Crippen molar-refractivity contribution in [1.82, 2.24) is 10.2 Å². The number of rotatable bonds is 7. The first-order valence-electron chi connectivity index (χ1n) is 10.7. The van der Waals surface area contributed by atoms with Crippen LogP contribution in [0.1, 0.15) is 29.3 Å². The lowest BCUT2D eigenvalue weighted by Gasteiger charge is -2.19. The third kappa shape index (κ3) is 7.52. The molecule has 0 bridgehead atoms. The molecule has 1 heterocycles. The number of esters is 1. The third-order valence-electron chi connectivity index (χ3n) is 5.36. The van der Waals surface area contributed by atoms with Crippen molar-refractivity contribution in [2.75, 3.05) is 26.0 Å². The van der Waals surface area contributed by atoms with Crippen LogP contribution < -0.4 is 10.6 Å². The Hall–Kier alpha value is -2.93. The fourth-order valence-corrected chi connectivity index (χ4v) is 4.47. The second-order valence-electron chi connectivity index (χ2n) is 7.65. The number of nitrogens with zero attached hydrogens (tertiary/aromatic N) is 2. The number of anilines is 1. The highest BCUT2D eigenvalue weighted by Crippen LogP contribution is 2.31. The number of amidine groups is 2. The molecule has 35 heavy (non-hydrogen) atoms. The van der Waals surface area contributed by atoms with E-state index in [2.05, 4.69) is 20.4 Å². The van der Waals surface area contributed by atoms with Gasteiger partial charge in [-0.1, -0.05) is 42.1 Å². The van der Waals surface area contributed by atoms with Gasteiger partial charge >= 0.3 is 5.97 Å². The summed E-state index contributed by atoms with van der Waals surface area (Å²) < 4.78 is 4.57. The zero-order valence-electron chi connectivity index (χ0n) is 19.6. The Balaban J connectivity index is 0.00000432. The Kier molecular flexibility index (Phi) is 10.7. The monoisotopic (exact) mass is 609 g/mol. The summed E-state index contributed by atoms with van der Waals surface area (Å²) in [6.07, 6.45) is 0.0948. The molecule has 2 aromatic carbocycles. The average molecular weight is 609 g/mol. The summed E-state index contributed by atoms with van der Waals surface area (Å²) in [6, 6.07) is 15.9. The van der Waals surface area contributed by atoms with Crippen LogP contribution in [-0.2, 0) is 14.3 Å². The Labute approximate surface area is 225 Å². The molecule has 1 aliphatic rings. The normalized spacial score (nSPS) is 17.9. The molecule has 0 radical (unpaired) electrons. The Morgan fingerprint density at radius 3 is 2.34 bits per heavy atom. The molecule has 0 aromatic heterocycles. The number of nitrogens with one attached hydrogen (secondary N) is 3. The van der Waals surface area contributed by atoms with Crippen molar-refractivity contribution < 1.29 is 19.1 Å². The minimum absolute atomic E-state index is 0. The summed E-state index contributed by atoms with van der Waals surface area (Å²) in [5.74, 6) is -0.825. The van der Waals surface area contributed by atoms with Gasteiger partial charge in [-0.2, -0.15) is 4.99 Å². The largest absolute Gasteiger partial charge is 0.469 e. The first kappa shape index (κ1) is 28.3. The van der Waals surface area contributed by atoms with Gasteiger partial charge in [0.05, 0.1) is 13.5 Å². The van der Waals surface area contributed by atoms with Crippen LogP contribution in [0.3, 0.4) is 0 Å². The minimum atomic E-state index is -0.457. The summed E-state index contributed by atoms with van der Waals surface area (Å²) in [4.78, 5) is 42.5. The highest BCUT2D eigenvalue weighted by atomic mass is 127. The van der Waals surface area contributed by atoms with Crippen LogP contribution in [0.25, 0.3) is 0 Å². The first-order valence-corrected chi connectivity index (χ1v) is 11.6. The van der Waals surface area contributed by atoms with E-state index in [9.17, 15) is 14.4 Å². The molecule has 1 aliphatic heterocycles. The Morgan fingerprint density at radius 2 is 1.71 bits per heavy atom. The van der Waals surface area contributed by atoms with Crippen molar-refractivity contribution in [3.63, 3.8) is 0 Å². The van der Waals surface area contributed by atoms with E-state index in [4.69, 9.17) is 5.41 Å². The molecule has 0 saturated carbocycles. The number of methoxy groups -OCH3 is 1. The van der Waals surface area contributed by atoms with Crippen molar-refractivity contribution in [3.8, 4) is 0 Å². The number of carbonyl (C=O) groups is 3. The molecule has 2 atom stereocenters. The van der Waals surface area contributed by atoms with E-state index in [1.807, 2.05) is 37.3 Å². The van der Waals surface area contributed by atoms with Gasteiger partial charge in [-0.25, -0.2) is 0 Å². The molecule has 3 rings (SSSR count). The van der Waals surface area contributed by atoms with Crippen LogP contribution in [0.2, 0.25) is 0 Å². The van der Waals surface area contributed by atoms with E-state index >= 15 is 0 Å². The molecular formula is C24H28IN5O4S. The molecule has 2 amide bonds. The molecule has 11 heteroatoms. The van der Waals surface area contributed by atoms with Crippen molar-refractivity contribution in [1.29, 1.82) is 5.41 Å². The lowest BCUT2D eigenvalue weighted by Crippen LogP contribution is -2.41. The molecule has 2 aromatic rings. The van der Waals surface area contributed by atoms with Crippen molar-refractivity contribution in [2.24, 2.45) is 4.99 Å². The summed E-state index contributed by atoms with van der Waals surface area (Å²) in [5, 5.41) is 14.0. The number of hydrogen-bond donors (Lipinski definition) is 3. The van der Waals surface area contributed by atoms with E-state index in [0.717, 1.165) is 5.69 Å². The molecule has 1 fully saturated rings. The highest BCUT2D eigenvalue weighted by molar-refractivity contribution is 14.0. The fourth-order valence-electron chi connectivity index (χ4n) is 3.21. The van der Waals surface area contributed by atoms with Gasteiger partial charge in [0.15, 0.2) is 5.17 Å². The van der Waals surface area contributed by atoms with Crippen LogP contribution >= 0.6 is 35.7 Å². The maximum Gasteiger partial charge on any atom is 0.307 e. The van der Waals surface area contributed by atoms with Gasteiger partial charge in [0.25, 0.3) is 5.91 Å². The number of carbonyl (C=O) groups excluding carboxylic acids is 3. The molecule has 2 unspecified atom stereocenters. The standard InChI is InChI=1S/C24H27N5O4S.HI/c1-15-20(23(32)26-14-13-19(30)33-3)34-24(29(15)2)28-22(31)17-11-9-16(10-12-17)21(25)27-18-7-5-4-6-8-18;/h4-12,15,20H,13-14H2,1-3H3,(H2,25,27)(H,26,32);1H. The van der Waals surface area contributed by atoms with Gasteiger partial charge in [-0.05, 0) is 31.2 Å². The summed E-state index contributed by atoms with van der Waals surface area (Å²) in [5.41, 5.74) is 1.83. The molecule has 0 aliphatic carbocycles. The van der Waals surface area contributed by atoms with E-state index in [0.29, 0.717) is 16.3 Å². The summed E-state index contributed by atoms with van der Waals surface area (Å²) >= 11 is 1.21. The van der Waals surface area contributed by atoms with Gasteiger partial charge in [-0.3, -0.25) is 19.8 Å². The number of hydrogen-bond acceptors (Lipinski definition) is 6. The number of benzene rings is 2. The quantitative estimate of drug-likeness (QED) is 0.191. The number of ether oxygens (including phenoxy) is 1. The fraction of sp³-hybridized carbons (Fsp3) is 0.292. The molecular weight excluding hydrogens is 581 g/mol. The Morgan fingerprint density at radius 1 is 1.09 bits per heavy atom. The van der Waals surface area contributed by atoms with Crippen molar-refractivity contribution in [3.05, 3.63) is 65.7 Å². The predicted octanol–water partition coefficient (Wildman–Crippen LogP) is 3.35. The average Bonchev–Trinajstić information content (AvgIpc) is 3.13.